The van der Waals surface area contributed by atoms with E-state index >= 15 is 0 Å². The van der Waals surface area contributed by atoms with Gasteiger partial charge in [-0.1, -0.05) is 24.3 Å². The van der Waals surface area contributed by atoms with Crippen molar-refractivity contribution in [1.82, 2.24) is 0 Å². The molecule has 1 aliphatic heterocycles. The van der Waals surface area contributed by atoms with Gasteiger partial charge in [0.1, 0.15) is 4.90 Å². The lowest BCUT2D eigenvalue weighted by Gasteiger charge is -2.25. The van der Waals surface area contributed by atoms with Gasteiger partial charge in [-0.15, -0.1) is 11.3 Å². The number of ether oxygens (including phenoxy) is 2. The molecule has 1 N–H and O–H groups in total. The fraction of sp³-hybridized carbons (Fsp3) is 0.292. The Labute approximate surface area is 192 Å². The molecule has 32 heavy (non-hydrogen) atoms. The molecule has 0 saturated heterocycles. The Bertz CT molecular complexity index is 1230. The van der Waals surface area contributed by atoms with Gasteiger partial charge in [0.05, 0.1) is 23.3 Å². The molecule has 0 fully saturated rings. The second kappa shape index (κ2) is 8.96. The quantitative estimate of drug-likeness (QED) is 0.510. The molecule has 168 valence electrons. The number of sulfone groups is 1. The van der Waals surface area contributed by atoms with Crippen molar-refractivity contribution in [3.05, 3.63) is 64.4 Å². The number of carbonyl (C=O) groups excluding carboxylic acids is 1. The summed E-state index contributed by atoms with van der Waals surface area (Å²) in [5.74, 6) is 0.770. The number of thiophene rings is 1. The van der Waals surface area contributed by atoms with Crippen LogP contribution in [0.5, 0.6) is 11.5 Å². The normalized spacial score (nSPS) is 15.9. The van der Waals surface area contributed by atoms with Gasteiger partial charge in [0.25, 0.3) is 0 Å². The van der Waals surface area contributed by atoms with E-state index in [-0.39, 0.29) is 34.1 Å². The van der Waals surface area contributed by atoms with E-state index in [9.17, 15) is 13.2 Å². The van der Waals surface area contributed by atoms with Crippen LogP contribution in [0, 0.1) is 0 Å². The van der Waals surface area contributed by atoms with Crippen LogP contribution in [0.15, 0.2) is 63.7 Å². The van der Waals surface area contributed by atoms with Crippen molar-refractivity contribution in [3.8, 4) is 11.5 Å². The molecule has 0 aliphatic carbocycles. The topological polar surface area (TPSA) is 81.7 Å². The maximum atomic E-state index is 13.2. The van der Waals surface area contributed by atoms with Crippen LogP contribution >= 0.6 is 11.3 Å². The summed E-state index contributed by atoms with van der Waals surface area (Å²) in [7, 11) is -3.75. The van der Waals surface area contributed by atoms with Gasteiger partial charge in [-0.3, -0.25) is 4.79 Å². The van der Waals surface area contributed by atoms with Gasteiger partial charge in [0.2, 0.25) is 15.7 Å². The molecule has 0 unspecified atom stereocenters. The molecule has 1 aromatic heterocycles. The van der Waals surface area contributed by atoms with Crippen molar-refractivity contribution in [2.75, 3.05) is 11.9 Å². The fourth-order valence-electron chi connectivity index (χ4n) is 3.76. The molecule has 2 heterocycles. The maximum absolute atomic E-state index is 13.2. The van der Waals surface area contributed by atoms with Crippen LogP contribution < -0.4 is 14.8 Å². The lowest BCUT2D eigenvalue weighted by molar-refractivity contribution is -0.116. The van der Waals surface area contributed by atoms with E-state index in [0.29, 0.717) is 23.8 Å². The zero-order chi connectivity index (χ0) is 22.9. The number of amides is 1. The maximum Gasteiger partial charge on any atom is 0.225 e. The number of hydrogen-bond donors (Lipinski definition) is 1. The summed E-state index contributed by atoms with van der Waals surface area (Å²) in [6, 6.07) is 13.9. The van der Waals surface area contributed by atoms with Crippen LogP contribution in [0.1, 0.15) is 43.6 Å². The van der Waals surface area contributed by atoms with Crippen LogP contribution in [-0.2, 0) is 14.6 Å². The van der Waals surface area contributed by atoms with Gasteiger partial charge in [-0.25, -0.2) is 8.42 Å². The molecule has 3 aromatic rings. The third kappa shape index (κ3) is 4.25. The predicted molar refractivity (Wildman–Crippen MR) is 125 cm³/mol. The van der Waals surface area contributed by atoms with E-state index < -0.39 is 9.84 Å². The van der Waals surface area contributed by atoms with Gasteiger partial charge < -0.3 is 14.8 Å². The van der Waals surface area contributed by atoms with Gasteiger partial charge in [-0.2, -0.15) is 0 Å². The highest BCUT2D eigenvalue weighted by atomic mass is 32.2. The average Bonchev–Trinajstić information content (AvgIpc) is 3.19. The lowest BCUT2D eigenvalue weighted by atomic mass is 9.90. The van der Waals surface area contributed by atoms with Crippen LogP contribution in [0.25, 0.3) is 0 Å². The first-order valence-electron chi connectivity index (χ1n) is 10.5. The van der Waals surface area contributed by atoms with E-state index in [1.54, 1.807) is 35.7 Å². The average molecular weight is 472 g/mol. The first-order valence-corrected chi connectivity index (χ1v) is 12.8. The Hall–Kier alpha value is -2.84. The van der Waals surface area contributed by atoms with Crippen molar-refractivity contribution < 1.29 is 22.7 Å². The zero-order valence-corrected chi connectivity index (χ0v) is 19.8. The van der Waals surface area contributed by atoms with Gasteiger partial charge in [0.15, 0.2) is 11.5 Å². The van der Waals surface area contributed by atoms with Crippen LogP contribution in [0.3, 0.4) is 0 Å². The molecular weight excluding hydrogens is 446 g/mol. The summed E-state index contributed by atoms with van der Waals surface area (Å²) < 4.78 is 38.1. The van der Waals surface area contributed by atoms with Gasteiger partial charge >= 0.3 is 0 Å². The Morgan fingerprint density at radius 3 is 2.56 bits per heavy atom. The molecule has 1 amide bonds. The molecule has 1 atom stereocenters. The van der Waals surface area contributed by atoms with E-state index in [2.05, 4.69) is 5.32 Å². The Morgan fingerprint density at radius 2 is 1.88 bits per heavy atom. The minimum Gasteiger partial charge on any atom is -0.490 e. The first kappa shape index (κ1) is 22.4. The largest absolute Gasteiger partial charge is 0.490 e. The van der Waals surface area contributed by atoms with Crippen molar-refractivity contribution >= 4 is 32.8 Å². The number of fused-ring (bicyclic) bond motifs is 1. The monoisotopic (exact) mass is 471 g/mol. The fourth-order valence-corrected chi connectivity index (χ4v) is 6.69. The molecular formula is C24H25NO5S2. The minimum absolute atomic E-state index is 0.00448. The number of nitrogens with one attached hydrogen (secondary N) is 1. The second-order valence-corrected chi connectivity index (χ2v) is 10.6. The Balaban J connectivity index is 1.77. The van der Waals surface area contributed by atoms with Gasteiger partial charge in [0, 0.05) is 22.6 Å². The lowest BCUT2D eigenvalue weighted by Crippen LogP contribution is -2.23. The molecule has 0 bridgehead atoms. The molecule has 0 radical (unpaired) electrons. The standard InChI is InChI=1S/C24H25NO5S2/c1-4-29-20-12-16(10-11-19(20)30-15(2)3)18-13-22(26)25-23-21(14-31-24(18)23)32(27,28)17-8-6-5-7-9-17/h5-12,14-15,18H,4,13H2,1-3H3,(H,25,26)/t18-/m0/s1. The second-order valence-electron chi connectivity index (χ2n) is 7.77. The highest BCUT2D eigenvalue weighted by Gasteiger charge is 2.34. The van der Waals surface area contributed by atoms with Crippen molar-refractivity contribution in [3.63, 3.8) is 0 Å². The minimum atomic E-state index is -3.75. The van der Waals surface area contributed by atoms with Gasteiger partial charge in [-0.05, 0) is 50.6 Å². The predicted octanol–water partition coefficient (Wildman–Crippen LogP) is 5.24. The molecule has 0 saturated carbocycles. The highest BCUT2D eigenvalue weighted by Crippen LogP contribution is 2.47. The summed E-state index contributed by atoms with van der Waals surface area (Å²) in [4.78, 5) is 13.7. The van der Waals surface area contributed by atoms with Crippen LogP contribution in [-0.4, -0.2) is 27.0 Å². The summed E-state index contributed by atoms with van der Waals surface area (Å²) in [6.45, 7) is 6.27. The molecule has 2 aromatic carbocycles. The number of rotatable bonds is 7. The highest BCUT2D eigenvalue weighted by molar-refractivity contribution is 7.91. The van der Waals surface area contributed by atoms with E-state index in [1.165, 1.54) is 11.3 Å². The van der Waals surface area contributed by atoms with Crippen molar-refractivity contribution in [2.45, 2.75) is 49.0 Å². The van der Waals surface area contributed by atoms with E-state index in [1.807, 2.05) is 39.0 Å². The smallest absolute Gasteiger partial charge is 0.225 e. The Morgan fingerprint density at radius 1 is 1.12 bits per heavy atom. The third-order valence-electron chi connectivity index (χ3n) is 5.13. The van der Waals surface area contributed by atoms with Crippen LogP contribution in [0.2, 0.25) is 0 Å². The molecule has 0 spiro atoms. The first-order chi connectivity index (χ1) is 15.3. The SMILES string of the molecule is CCOc1cc([C@@H]2CC(=O)Nc3c(S(=O)(=O)c4ccccc4)csc32)ccc1OC(C)C. The summed E-state index contributed by atoms with van der Waals surface area (Å²) in [6.07, 6.45) is 0.226. The number of anilines is 1. The zero-order valence-electron chi connectivity index (χ0n) is 18.1. The number of benzene rings is 2. The van der Waals surface area contributed by atoms with Crippen molar-refractivity contribution in [2.24, 2.45) is 0 Å². The number of hydrogen-bond acceptors (Lipinski definition) is 6. The summed E-state index contributed by atoms with van der Waals surface area (Å²) >= 11 is 1.35. The molecule has 8 heteroatoms. The third-order valence-corrected chi connectivity index (χ3v) is 8.17. The van der Waals surface area contributed by atoms with E-state index in [4.69, 9.17) is 9.47 Å². The molecule has 4 rings (SSSR count). The molecule has 1 aliphatic rings. The summed E-state index contributed by atoms with van der Waals surface area (Å²) in [5.41, 5.74) is 1.26. The summed E-state index contributed by atoms with van der Waals surface area (Å²) in [5, 5.41) is 4.41. The number of carbonyl (C=O) groups is 1. The van der Waals surface area contributed by atoms with Crippen LogP contribution in [0.4, 0.5) is 5.69 Å². The molecule has 6 nitrogen and oxygen atoms in total. The van der Waals surface area contributed by atoms with Crippen molar-refractivity contribution in [1.29, 1.82) is 0 Å². The Kier molecular flexibility index (Phi) is 6.26. The van der Waals surface area contributed by atoms with E-state index in [0.717, 1.165) is 10.4 Å².